The van der Waals surface area contributed by atoms with Crippen molar-refractivity contribution in [3.05, 3.63) is 39.4 Å². The minimum Gasteiger partial charge on any atom is -0.419 e. The van der Waals surface area contributed by atoms with Crippen molar-refractivity contribution >= 4 is 11.5 Å². The van der Waals surface area contributed by atoms with Gasteiger partial charge in [-0.05, 0) is 13.8 Å². The molecule has 180 valence electrons. The first-order valence-electron chi connectivity index (χ1n) is 9.70. The molecule has 2 heterocycles. The van der Waals surface area contributed by atoms with E-state index in [9.17, 15) is 26.7 Å². The lowest BCUT2D eigenvalue weighted by Crippen LogP contribution is -2.45. The lowest BCUT2D eigenvalue weighted by Gasteiger charge is -2.27. The van der Waals surface area contributed by atoms with Gasteiger partial charge in [0.15, 0.2) is 5.82 Å². The number of halogens is 5. The van der Waals surface area contributed by atoms with Crippen LogP contribution in [0.1, 0.15) is 13.8 Å². The second-order valence-corrected chi connectivity index (χ2v) is 6.72. The third-order valence-electron chi connectivity index (χ3n) is 4.58. The number of aromatic nitrogens is 2. The SMILES string of the molecule is CC#CC.Cn1c(Oc2c(F)c(F)c(F)c(F)c2F)nc(N)c(NCN2CCNCC2)c1=O. The van der Waals surface area contributed by atoms with E-state index in [4.69, 9.17) is 10.5 Å². The van der Waals surface area contributed by atoms with E-state index in [-0.39, 0.29) is 11.5 Å². The van der Waals surface area contributed by atoms with Crippen LogP contribution in [0.2, 0.25) is 0 Å². The Morgan fingerprint density at radius 3 is 2.06 bits per heavy atom. The third kappa shape index (κ3) is 5.91. The highest BCUT2D eigenvalue weighted by Gasteiger charge is 2.28. The number of nitrogens with two attached hydrogens (primary N) is 1. The predicted octanol–water partition coefficient (Wildman–Crippen LogP) is 2.15. The van der Waals surface area contributed by atoms with Crippen molar-refractivity contribution in [2.45, 2.75) is 13.8 Å². The molecule has 33 heavy (non-hydrogen) atoms. The molecule has 0 aliphatic carbocycles. The Morgan fingerprint density at radius 2 is 1.55 bits per heavy atom. The van der Waals surface area contributed by atoms with Crippen LogP contribution in [0.4, 0.5) is 33.5 Å². The normalized spacial score (nSPS) is 13.5. The topological polar surface area (TPSA) is 97.4 Å². The molecule has 0 atom stereocenters. The van der Waals surface area contributed by atoms with E-state index in [0.717, 1.165) is 37.8 Å². The first-order chi connectivity index (χ1) is 15.6. The van der Waals surface area contributed by atoms with E-state index in [2.05, 4.69) is 27.5 Å². The van der Waals surface area contributed by atoms with Crippen LogP contribution in [0.15, 0.2) is 4.79 Å². The molecular weight excluding hydrogens is 451 g/mol. The van der Waals surface area contributed by atoms with Crippen LogP contribution in [0.5, 0.6) is 11.8 Å². The Kier molecular flexibility index (Phi) is 9.01. The summed E-state index contributed by atoms with van der Waals surface area (Å²) < 4.78 is 72.9. The first kappa shape index (κ1) is 25.9. The van der Waals surface area contributed by atoms with E-state index in [1.165, 1.54) is 0 Å². The zero-order valence-electron chi connectivity index (χ0n) is 18.2. The number of nitrogens with one attached hydrogen (secondary N) is 2. The monoisotopic (exact) mass is 474 g/mol. The van der Waals surface area contributed by atoms with Gasteiger partial charge >= 0.3 is 6.01 Å². The second kappa shape index (κ2) is 11.5. The zero-order valence-corrected chi connectivity index (χ0v) is 18.2. The summed E-state index contributed by atoms with van der Waals surface area (Å²) in [5, 5.41) is 6.00. The Bertz CT molecular complexity index is 1090. The molecule has 1 aromatic heterocycles. The number of hydrogen-bond acceptors (Lipinski definition) is 7. The van der Waals surface area contributed by atoms with E-state index in [1.807, 2.05) is 18.7 Å². The van der Waals surface area contributed by atoms with Gasteiger partial charge < -0.3 is 21.1 Å². The number of hydrogen-bond donors (Lipinski definition) is 3. The van der Waals surface area contributed by atoms with Gasteiger partial charge in [0.05, 0.1) is 6.67 Å². The molecule has 4 N–H and O–H groups in total. The number of nitrogen functional groups attached to an aromatic ring is 1. The number of ether oxygens (including phenoxy) is 1. The molecule has 13 heteroatoms. The lowest BCUT2D eigenvalue weighted by atomic mass is 10.2. The van der Waals surface area contributed by atoms with Crippen LogP contribution < -0.4 is 26.7 Å². The van der Waals surface area contributed by atoms with Gasteiger partial charge in [-0.1, -0.05) is 0 Å². The largest absolute Gasteiger partial charge is 0.419 e. The molecule has 1 fully saturated rings. The van der Waals surface area contributed by atoms with Crippen molar-refractivity contribution in [3.8, 4) is 23.6 Å². The Labute approximate surface area is 186 Å². The van der Waals surface area contributed by atoms with E-state index in [1.54, 1.807) is 0 Å². The molecule has 0 spiro atoms. The molecule has 0 unspecified atom stereocenters. The third-order valence-corrected chi connectivity index (χ3v) is 4.58. The minimum atomic E-state index is -2.33. The Balaban J connectivity index is 0.000000890. The fourth-order valence-electron chi connectivity index (χ4n) is 2.68. The van der Waals surface area contributed by atoms with Crippen LogP contribution >= 0.6 is 0 Å². The lowest BCUT2D eigenvalue weighted by molar-refractivity contribution is 0.256. The predicted molar refractivity (Wildman–Crippen MR) is 112 cm³/mol. The Morgan fingerprint density at radius 1 is 1.03 bits per heavy atom. The van der Waals surface area contributed by atoms with Gasteiger partial charge in [0, 0.05) is 33.2 Å². The number of nitrogens with zero attached hydrogens (tertiary/aromatic N) is 3. The van der Waals surface area contributed by atoms with Gasteiger partial charge in [-0.2, -0.15) is 13.8 Å². The molecule has 1 saturated heterocycles. The summed E-state index contributed by atoms with van der Waals surface area (Å²) in [5.74, 6) is -7.70. The molecular formula is C20H23F5N6O2. The summed E-state index contributed by atoms with van der Waals surface area (Å²) in [4.78, 5) is 18.2. The molecule has 2 aromatic rings. The van der Waals surface area contributed by atoms with Crippen molar-refractivity contribution in [1.82, 2.24) is 19.8 Å². The standard InChI is InChI=1S/C16H17F5N6O2.C4H6/c1-26-15(28)12(24-6-27-4-2-23-3-5-27)14(22)25-16(26)29-13-10(20)8(18)7(17)9(19)11(13)21;1-3-4-2/h23-24H,2-6,22H2,1H3;1-2H3. The molecule has 1 aromatic carbocycles. The summed E-state index contributed by atoms with van der Waals surface area (Å²) in [6.45, 7) is 6.97. The zero-order chi connectivity index (χ0) is 24.7. The first-order valence-corrected chi connectivity index (χ1v) is 9.70. The van der Waals surface area contributed by atoms with Crippen LogP contribution in [0.25, 0.3) is 0 Å². The van der Waals surface area contributed by atoms with Gasteiger partial charge in [0.1, 0.15) is 5.69 Å². The molecule has 1 aliphatic heterocycles. The molecule has 0 bridgehead atoms. The van der Waals surface area contributed by atoms with Crippen molar-refractivity contribution in [3.63, 3.8) is 0 Å². The molecule has 0 amide bonds. The van der Waals surface area contributed by atoms with Gasteiger partial charge in [0.25, 0.3) is 5.56 Å². The van der Waals surface area contributed by atoms with E-state index < -0.39 is 46.4 Å². The van der Waals surface area contributed by atoms with Crippen LogP contribution in [0, 0.1) is 40.9 Å². The summed E-state index contributed by atoms with van der Waals surface area (Å²) in [5.41, 5.74) is 4.88. The minimum absolute atomic E-state index is 0.0872. The van der Waals surface area contributed by atoms with E-state index in [0.29, 0.717) is 6.67 Å². The second-order valence-electron chi connectivity index (χ2n) is 6.72. The maximum absolute atomic E-state index is 13.8. The van der Waals surface area contributed by atoms with Crippen LogP contribution in [-0.2, 0) is 7.05 Å². The Hall–Kier alpha value is -3.37. The van der Waals surface area contributed by atoms with Crippen molar-refractivity contribution < 1.29 is 26.7 Å². The molecule has 8 nitrogen and oxygen atoms in total. The highest BCUT2D eigenvalue weighted by atomic mass is 19.2. The smallest absolute Gasteiger partial charge is 0.306 e. The van der Waals surface area contributed by atoms with Crippen molar-refractivity contribution in [2.75, 3.05) is 43.9 Å². The fraction of sp³-hybridized carbons (Fsp3) is 0.400. The van der Waals surface area contributed by atoms with Gasteiger partial charge in [-0.25, -0.2) is 13.2 Å². The fourth-order valence-corrected chi connectivity index (χ4v) is 2.68. The number of benzene rings is 1. The molecule has 0 radical (unpaired) electrons. The number of piperazine rings is 1. The quantitative estimate of drug-likeness (QED) is 0.265. The highest BCUT2D eigenvalue weighted by Crippen LogP contribution is 2.32. The summed E-state index contributed by atoms with van der Waals surface area (Å²) in [6, 6.07) is -0.747. The van der Waals surface area contributed by atoms with Crippen molar-refractivity contribution in [2.24, 2.45) is 7.05 Å². The number of rotatable bonds is 5. The summed E-state index contributed by atoms with van der Waals surface area (Å²) >= 11 is 0. The number of anilines is 2. The summed E-state index contributed by atoms with van der Waals surface area (Å²) in [6.07, 6.45) is 0. The summed E-state index contributed by atoms with van der Waals surface area (Å²) in [7, 11) is 1.14. The van der Waals surface area contributed by atoms with E-state index >= 15 is 0 Å². The molecule has 0 saturated carbocycles. The average molecular weight is 474 g/mol. The van der Waals surface area contributed by atoms with Crippen molar-refractivity contribution in [1.29, 1.82) is 0 Å². The maximum Gasteiger partial charge on any atom is 0.306 e. The molecule has 3 rings (SSSR count). The maximum atomic E-state index is 13.8. The van der Waals surface area contributed by atoms with Crippen LogP contribution in [0.3, 0.4) is 0 Å². The highest BCUT2D eigenvalue weighted by molar-refractivity contribution is 5.60. The van der Waals surface area contributed by atoms with Crippen LogP contribution in [-0.4, -0.2) is 47.3 Å². The average Bonchev–Trinajstić information content (AvgIpc) is 2.83. The van der Waals surface area contributed by atoms with Gasteiger partial charge in [0.2, 0.25) is 34.8 Å². The van der Waals surface area contributed by atoms with Gasteiger partial charge in [-0.15, -0.1) is 11.8 Å². The van der Waals surface area contributed by atoms with Gasteiger partial charge in [-0.3, -0.25) is 14.3 Å². The molecule has 1 aliphatic rings.